The van der Waals surface area contributed by atoms with E-state index in [9.17, 15) is 0 Å². The van der Waals surface area contributed by atoms with Gasteiger partial charge in [-0.05, 0) is 70.7 Å². The maximum atomic E-state index is 5.38. The van der Waals surface area contributed by atoms with Gasteiger partial charge in [0.15, 0.2) is 22.6 Å². The molecule has 40 heavy (non-hydrogen) atoms. The van der Waals surface area contributed by atoms with Crippen molar-refractivity contribution in [3.63, 3.8) is 0 Å². The zero-order chi connectivity index (χ0) is 27.5. The van der Waals surface area contributed by atoms with Gasteiger partial charge >= 0.3 is 0 Å². The molecule has 11 heteroatoms. The third-order valence-corrected chi connectivity index (χ3v) is 9.70. The van der Waals surface area contributed by atoms with E-state index in [1.165, 1.54) is 0 Å². The fourth-order valence-electron chi connectivity index (χ4n) is 5.87. The molecule has 9 nitrogen and oxygen atoms in total. The molecule has 8 rings (SSSR count). The summed E-state index contributed by atoms with van der Waals surface area (Å²) in [5, 5.41) is 7.36. The Labute approximate surface area is 255 Å². The van der Waals surface area contributed by atoms with Gasteiger partial charge in [0, 0.05) is 31.8 Å². The minimum atomic E-state index is -0.0969. The topological polar surface area (TPSA) is 76.6 Å². The maximum Gasteiger partial charge on any atom is 0.219 e. The van der Waals surface area contributed by atoms with Crippen molar-refractivity contribution in [1.29, 1.82) is 0 Å². The van der Waals surface area contributed by atoms with E-state index in [4.69, 9.17) is 25.1 Å². The van der Waals surface area contributed by atoms with Crippen molar-refractivity contribution in [1.82, 2.24) is 18.9 Å². The summed E-state index contributed by atoms with van der Waals surface area (Å²) in [5.74, 6) is 2.20. The smallest absolute Gasteiger partial charge is 0.219 e. The quantitative estimate of drug-likeness (QED) is 0.175. The summed E-state index contributed by atoms with van der Waals surface area (Å²) in [6.45, 7) is 12.7. The third-order valence-electron chi connectivity index (χ3n) is 7.74. The highest BCUT2D eigenvalue weighted by atomic mass is 127. The van der Waals surface area contributed by atoms with Crippen molar-refractivity contribution in [2.45, 2.75) is 24.7 Å². The van der Waals surface area contributed by atoms with Gasteiger partial charge in [0.25, 0.3) is 0 Å². The number of alkyl halides is 1. The molecule has 0 radical (unpaired) electrons. The van der Waals surface area contributed by atoms with Gasteiger partial charge in [0.1, 0.15) is 4.92 Å². The van der Waals surface area contributed by atoms with E-state index >= 15 is 0 Å². The SMILES string of the molecule is C=C1C=CC2=N[N+]34n5c(cc(CI)c5N=c5c(I)c(CC)c(n53)=N1)N=c1c(C=c3ccccc3=C)c(C)c(n14)=N2. The van der Waals surface area contributed by atoms with E-state index in [1.54, 1.807) is 0 Å². The summed E-state index contributed by atoms with van der Waals surface area (Å²) in [6, 6.07) is 10.3. The van der Waals surface area contributed by atoms with Gasteiger partial charge in [-0.25, -0.2) is 20.0 Å². The van der Waals surface area contributed by atoms with E-state index < -0.39 is 0 Å². The second-order valence-corrected chi connectivity index (χ2v) is 11.9. The van der Waals surface area contributed by atoms with Crippen LogP contribution in [-0.4, -0.2) is 19.9 Å². The first-order chi connectivity index (χ1) is 19.4. The second-order valence-electron chi connectivity index (χ2n) is 10.0. The lowest BCUT2D eigenvalue weighted by molar-refractivity contribution is -0.0189. The summed E-state index contributed by atoms with van der Waals surface area (Å²) in [7, 11) is 0. The predicted molar refractivity (Wildman–Crippen MR) is 171 cm³/mol. The number of benzene rings is 1. The Morgan fingerprint density at radius 2 is 1.75 bits per heavy atom. The number of amidine groups is 1. The lowest BCUT2D eigenvalue weighted by atomic mass is 10.1. The average molecular weight is 750 g/mol. The monoisotopic (exact) mass is 750 g/mol. The maximum absolute atomic E-state index is 5.38. The molecule has 2 bridgehead atoms. The van der Waals surface area contributed by atoms with Gasteiger partial charge in [0.05, 0.1) is 9.27 Å². The van der Waals surface area contributed by atoms with E-state index in [0.717, 1.165) is 80.7 Å². The Kier molecular flexibility index (Phi) is 5.06. The van der Waals surface area contributed by atoms with Crippen LogP contribution in [0.2, 0.25) is 0 Å². The molecule has 1 unspecified atom stereocenters. The fraction of sp³-hybridized carbons (Fsp3) is 0.138. The highest BCUT2D eigenvalue weighted by molar-refractivity contribution is 14.1. The second kappa shape index (κ2) is 8.30. The molecule has 0 fully saturated rings. The van der Waals surface area contributed by atoms with Crippen LogP contribution in [0.3, 0.4) is 0 Å². The first kappa shape index (κ1) is 24.4. The van der Waals surface area contributed by atoms with E-state index in [-0.39, 0.29) is 4.92 Å². The number of hydrogen-bond acceptors (Lipinski definition) is 5. The number of hydrogen-bond donors (Lipinski definition) is 0. The standard InChI is InChI=1S/C29H22I2N9/c1-5-20-24(31)29-35-26-19(14-30)13-23-34-28-21(12-18-9-7-6-8-15(18)2)17(4)25-33-22-11-10-16(3)32-27(20)39(29)40(36-22,37(23)26)38(25)28/h6-13H,2-3,5,14H2,1,4H3/q+1. The van der Waals surface area contributed by atoms with Crippen LogP contribution in [0.5, 0.6) is 0 Å². The van der Waals surface area contributed by atoms with Gasteiger partial charge in [-0.3, -0.25) is 0 Å². The number of allylic oxidation sites excluding steroid dienone is 1. The molecule has 196 valence electrons. The minimum Gasteiger partial charge on any atom is -0.226 e. The van der Waals surface area contributed by atoms with Gasteiger partial charge in [-0.2, -0.15) is 0 Å². The normalized spacial score (nSPS) is 19.4. The van der Waals surface area contributed by atoms with Crippen LogP contribution in [0.15, 0.2) is 79.8 Å². The van der Waals surface area contributed by atoms with Gasteiger partial charge in [-0.1, -0.05) is 81.0 Å². The molecule has 7 heterocycles. The Morgan fingerprint density at radius 3 is 2.52 bits per heavy atom. The van der Waals surface area contributed by atoms with Crippen molar-refractivity contribution >= 4 is 75.3 Å². The van der Waals surface area contributed by atoms with Crippen molar-refractivity contribution in [3.05, 3.63) is 113 Å². The molecule has 0 saturated heterocycles. The fourth-order valence-corrected chi connectivity index (χ4v) is 7.41. The number of aromatic nitrogens is 3. The van der Waals surface area contributed by atoms with Crippen molar-refractivity contribution < 1.29 is 0 Å². The Hall–Kier alpha value is -3.43. The molecule has 1 aromatic carbocycles. The van der Waals surface area contributed by atoms with Crippen LogP contribution in [0, 0.1) is 10.5 Å². The summed E-state index contributed by atoms with van der Waals surface area (Å²) in [6.07, 6.45) is 6.73. The molecule has 0 N–H and O–H groups in total. The van der Waals surface area contributed by atoms with Crippen LogP contribution >= 0.6 is 45.2 Å². The zero-order valence-electron chi connectivity index (χ0n) is 21.7. The van der Waals surface area contributed by atoms with Crippen LogP contribution in [0.1, 0.15) is 29.2 Å². The zero-order valence-corrected chi connectivity index (χ0v) is 26.0. The van der Waals surface area contributed by atoms with Gasteiger partial charge < -0.3 is 0 Å². The van der Waals surface area contributed by atoms with E-state index in [2.05, 4.69) is 104 Å². The summed E-state index contributed by atoms with van der Waals surface area (Å²) < 4.78 is 8.16. The summed E-state index contributed by atoms with van der Waals surface area (Å²) in [4.78, 5) is 20.5. The Bertz CT molecular complexity index is 2310. The first-order valence-electron chi connectivity index (χ1n) is 12.9. The number of nitrogens with zero attached hydrogens (tertiary/aromatic N) is 9. The van der Waals surface area contributed by atoms with Crippen molar-refractivity contribution in [3.8, 4) is 0 Å². The molecule has 3 aromatic heterocycles. The molecule has 0 saturated carbocycles. The Morgan fingerprint density at radius 1 is 0.950 bits per heavy atom. The predicted octanol–water partition coefficient (Wildman–Crippen LogP) is 2.29. The highest BCUT2D eigenvalue weighted by Crippen LogP contribution is 2.38. The lowest BCUT2D eigenvalue weighted by Gasteiger charge is -2.36. The Balaban J connectivity index is 1.67. The molecule has 1 spiro atoms. The van der Waals surface area contributed by atoms with Gasteiger partial charge in [0.2, 0.25) is 16.8 Å². The largest absolute Gasteiger partial charge is 0.226 e. The van der Waals surface area contributed by atoms with Gasteiger partial charge in [-0.15, -0.1) is 0 Å². The number of rotatable bonds is 3. The van der Waals surface area contributed by atoms with Crippen molar-refractivity contribution in [2.75, 3.05) is 0 Å². The minimum absolute atomic E-state index is 0.0969. The number of quaternary nitrogens is 1. The van der Waals surface area contributed by atoms with Crippen LogP contribution < -0.4 is 37.3 Å². The summed E-state index contributed by atoms with van der Waals surface area (Å²) in [5.41, 5.74) is 8.01. The molecular formula is C29H22I2N9+. The molecule has 4 aromatic rings. The van der Waals surface area contributed by atoms with E-state index in [0.29, 0.717) is 11.5 Å². The molecule has 4 aliphatic heterocycles. The van der Waals surface area contributed by atoms with E-state index in [1.807, 2.05) is 30.4 Å². The van der Waals surface area contributed by atoms with Crippen LogP contribution in [-0.2, 0) is 10.8 Å². The summed E-state index contributed by atoms with van der Waals surface area (Å²) >= 11 is 4.80. The third kappa shape index (κ3) is 2.92. The number of halogens is 2. The molecule has 0 aliphatic carbocycles. The molecular weight excluding hydrogens is 728 g/mol. The van der Waals surface area contributed by atoms with Crippen LogP contribution in [0.25, 0.3) is 12.7 Å². The lowest BCUT2D eigenvalue weighted by Crippen LogP contribution is -2.75. The average Bonchev–Trinajstić information content (AvgIpc) is 3.54. The molecule has 4 aliphatic rings. The molecule has 0 amide bonds. The first-order valence-corrected chi connectivity index (χ1v) is 15.5. The van der Waals surface area contributed by atoms with Crippen LogP contribution in [0.4, 0.5) is 11.6 Å². The highest BCUT2D eigenvalue weighted by Gasteiger charge is 2.53. The van der Waals surface area contributed by atoms with Crippen molar-refractivity contribution in [2.24, 2.45) is 25.1 Å². The molecule has 1 atom stereocenters.